The Hall–Kier alpha value is -2.92. The summed E-state index contributed by atoms with van der Waals surface area (Å²) in [7, 11) is 0. The van der Waals surface area contributed by atoms with Crippen molar-refractivity contribution in [2.24, 2.45) is 0 Å². The van der Waals surface area contributed by atoms with Gasteiger partial charge in [0, 0.05) is 17.8 Å². The number of carbonyl (C=O) groups excluding carboxylic acids is 1. The van der Waals surface area contributed by atoms with Crippen LogP contribution in [0.25, 0.3) is 0 Å². The Labute approximate surface area is 157 Å². The van der Waals surface area contributed by atoms with Crippen LogP contribution in [0.1, 0.15) is 34.6 Å². The van der Waals surface area contributed by atoms with Crippen molar-refractivity contribution < 1.29 is 4.79 Å². The molecule has 3 aromatic rings. The van der Waals surface area contributed by atoms with Gasteiger partial charge in [0.05, 0.1) is 6.04 Å². The van der Waals surface area contributed by atoms with Crippen molar-refractivity contribution in [1.29, 1.82) is 0 Å². The van der Waals surface area contributed by atoms with E-state index in [4.69, 9.17) is 11.6 Å². The lowest BCUT2D eigenvalue weighted by atomic mass is 10.1. The maximum atomic E-state index is 12.4. The maximum absolute atomic E-state index is 12.4. The van der Waals surface area contributed by atoms with Crippen LogP contribution >= 0.6 is 11.6 Å². The largest absolute Gasteiger partial charge is 0.350 e. The van der Waals surface area contributed by atoms with E-state index < -0.39 is 0 Å². The van der Waals surface area contributed by atoms with E-state index in [2.05, 4.69) is 20.6 Å². The second-order valence-corrected chi connectivity index (χ2v) is 6.29. The average molecular weight is 367 g/mol. The normalized spacial score (nSPS) is 11.6. The van der Waals surface area contributed by atoms with Crippen LogP contribution in [0.4, 0.5) is 5.95 Å². The number of amides is 1. The summed E-state index contributed by atoms with van der Waals surface area (Å²) in [6, 6.07) is 18.8. The number of aromatic nitrogens is 2. The van der Waals surface area contributed by atoms with Crippen LogP contribution in [0.3, 0.4) is 0 Å². The summed E-state index contributed by atoms with van der Waals surface area (Å²) in [4.78, 5) is 20.9. The monoisotopic (exact) mass is 366 g/mol. The number of anilines is 1. The van der Waals surface area contributed by atoms with Gasteiger partial charge in [-0.3, -0.25) is 4.79 Å². The van der Waals surface area contributed by atoms with Gasteiger partial charge in [-0.25, -0.2) is 9.97 Å². The summed E-state index contributed by atoms with van der Waals surface area (Å²) >= 11 is 5.88. The molecule has 6 heteroatoms. The Morgan fingerprint density at radius 2 is 1.81 bits per heavy atom. The molecule has 0 radical (unpaired) electrons. The number of rotatable bonds is 6. The molecular formula is C20H19ClN4O. The van der Waals surface area contributed by atoms with Crippen molar-refractivity contribution in [2.75, 3.05) is 5.32 Å². The highest BCUT2D eigenvalue weighted by molar-refractivity contribution is 6.30. The van der Waals surface area contributed by atoms with Crippen molar-refractivity contribution in [3.63, 3.8) is 0 Å². The number of hydrogen-bond acceptors (Lipinski definition) is 4. The van der Waals surface area contributed by atoms with Gasteiger partial charge in [-0.2, -0.15) is 0 Å². The highest BCUT2D eigenvalue weighted by Crippen LogP contribution is 2.13. The second kappa shape index (κ2) is 8.45. The molecule has 1 amide bonds. The SMILES string of the molecule is CC(NC(=O)c1ccnc(NCc2ccc(Cl)cc2)n1)c1ccccc1. The van der Waals surface area contributed by atoms with Crippen LogP contribution < -0.4 is 10.6 Å². The van der Waals surface area contributed by atoms with Gasteiger partial charge in [0.2, 0.25) is 5.95 Å². The third-order valence-electron chi connectivity index (χ3n) is 3.90. The van der Waals surface area contributed by atoms with Crippen molar-refractivity contribution in [3.8, 4) is 0 Å². The lowest BCUT2D eigenvalue weighted by Gasteiger charge is -2.14. The molecule has 0 saturated heterocycles. The highest BCUT2D eigenvalue weighted by Gasteiger charge is 2.13. The van der Waals surface area contributed by atoms with Crippen molar-refractivity contribution >= 4 is 23.5 Å². The fraction of sp³-hybridized carbons (Fsp3) is 0.150. The second-order valence-electron chi connectivity index (χ2n) is 5.85. The molecule has 0 aliphatic carbocycles. The van der Waals surface area contributed by atoms with E-state index in [-0.39, 0.29) is 11.9 Å². The van der Waals surface area contributed by atoms with Gasteiger partial charge in [0.25, 0.3) is 5.91 Å². The van der Waals surface area contributed by atoms with Crippen LogP contribution in [0.2, 0.25) is 5.02 Å². The predicted molar refractivity (Wildman–Crippen MR) is 103 cm³/mol. The number of carbonyl (C=O) groups is 1. The molecule has 132 valence electrons. The molecule has 3 rings (SSSR count). The zero-order chi connectivity index (χ0) is 18.4. The molecule has 26 heavy (non-hydrogen) atoms. The van der Waals surface area contributed by atoms with Gasteiger partial charge in [-0.15, -0.1) is 0 Å². The molecule has 0 spiro atoms. The van der Waals surface area contributed by atoms with Gasteiger partial charge < -0.3 is 10.6 Å². The Morgan fingerprint density at radius 3 is 2.54 bits per heavy atom. The van der Waals surface area contributed by atoms with Gasteiger partial charge >= 0.3 is 0 Å². The molecule has 1 heterocycles. The van der Waals surface area contributed by atoms with E-state index in [1.54, 1.807) is 12.3 Å². The molecular weight excluding hydrogens is 348 g/mol. The number of halogens is 1. The molecule has 2 aromatic carbocycles. The first-order chi connectivity index (χ1) is 12.6. The Bertz CT molecular complexity index is 868. The standard InChI is InChI=1S/C20H19ClN4O/c1-14(16-5-3-2-4-6-16)24-19(26)18-11-12-22-20(25-18)23-13-15-7-9-17(21)10-8-15/h2-12,14H,13H2,1H3,(H,24,26)(H,22,23,25). The van der Waals surface area contributed by atoms with Gasteiger partial charge in [-0.05, 0) is 36.2 Å². The Morgan fingerprint density at radius 1 is 1.08 bits per heavy atom. The first-order valence-corrected chi connectivity index (χ1v) is 8.67. The average Bonchev–Trinajstić information content (AvgIpc) is 2.68. The first kappa shape index (κ1) is 17.9. The summed E-state index contributed by atoms with van der Waals surface area (Å²) in [5.74, 6) is 0.165. The molecule has 0 bridgehead atoms. The van der Waals surface area contributed by atoms with Crippen molar-refractivity contribution in [2.45, 2.75) is 19.5 Å². The lowest BCUT2D eigenvalue weighted by molar-refractivity contribution is 0.0935. The Balaban J connectivity index is 1.62. The smallest absolute Gasteiger partial charge is 0.270 e. The predicted octanol–water partition coefficient (Wildman–Crippen LogP) is 4.23. The molecule has 5 nitrogen and oxygen atoms in total. The number of nitrogens with zero attached hydrogens (tertiary/aromatic N) is 2. The van der Waals surface area contributed by atoms with Crippen molar-refractivity contribution in [1.82, 2.24) is 15.3 Å². The maximum Gasteiger partial charge on any atom is 0.270 e. The fourth-order valence-corrected chi connectivity index (χ4v) is 2.58. The molecule has 1 aromatic heterocycles. The number of benzene rings is 2. The van der Waals surface area contributed by atoms with Crippen molar-refractivity contribution in [3.05, 3.63) is 88.7 Å². The van der Waals surface area contributed by atoms with Crippen LogP contribution in [-0.4, -0.2) is 15.9 Å². The summed E-state index contributed by atoms with van der Waals surface area (Å²) < 4.78 is 0. The molecule has 0 aliphatic rings. The van der Waals surface area contributed by atoms with Gasteiger partial charge in [-0.1, -0.05) is 54.1 Å². The van der Waals surface area contributed by atoms with E-state index in [1.165, 1.54) is 0 Å². The highest BCUT2D eigenvalue weighted by atomic mass is 35.5. The van der Waals surface area contributed by atoms with Crippen LogP contribution in [0.15, 0.2) is 66.9 Å². The van der Waals surface area contributed by atoms with Crippen LogP contribution in [-0.2, 0) is 6.54 Å². The summed E-state index contributed by atoms with van der Waals surface area (Å²) in [6.45, 7) is 2.48. The van der Waals surface area contributed by atoms with E-state index in [9.17, 15) is 4.79 Å². The first-order valence-electron chi connectivity index (χ1n) is 8.29. The fourth-order valence-electron chi connectivity index (χ4n) is 2.45. The third kappa shape index (κ3) is 4.80. The molecule has 0 saturated carbocycles. The zero-order valence-corrected chi connectivity index (χ0v) is 15.1. The van der Waals surface area contributed by atoms with Gasteiger partial charge in [0.1, 0.15) is 5.69 Å². The minimum absolute atomic E-state index is 0.107. The van der Waals surface area contributed by atoms with E-state index in [0.29, 0.717) is 23.2 Å². The lowest BCUT2D eigenvalue weighted by Crippen LogP contribution is -2.27. The van der Waals surface area contributed by atoms with E-state index in [1.807, 2.05) is 61.5 Å². The molecule has 1 atom stereocenters. The third-order valence-corrected chi connectivity index (χ3v) is 4.15. The van der Waals surface area contributed by atoms with Crippen LogP contribution in [0.5, 0.6) is 0 Å². The molecule has 0 fully saturated rings. The minimum Gasteiger partial charge on any atom is -0.350 e. The summed E-state index contributed by atoms with van der Waals surface area (Å²) in [6.07, 6.45) is 1.57. The molecule has 2 N–H and O–H groups in total. The Kier molecular flexibility index (Phi) is 5.81. The van der Waals surface area contributed by atoms with Crippen LogP contribution in [0, 0.1) is 0 Å². The van der Waals surface area contributed by atoms with E-state index >= 15 is 0 Å². The molecule has 1 unspecified atom stereocenters. The molecule has 0 aliphatic heterocycles. The summed E-state index contributed by atoms with van der Waals surface area (Å²) in [5, 5.41) is 6.75. The topological polar surface area (TPSA) is 66.9 Å². The summed E-state index contributed by atoms with van der Waals surface area (Å²) in [5.41, 5.74) is 2.41. The minimum atomic E-state index is -0.238. The zero-order valence-electron chi connectivity index (χ0n) is 14.3. The van der Waals surface area contributed by atoms with Gasteiger partial charge in [0.15, 0.2) is 0 Å². The number of hydrogen-bond donors (Lipinski definition) is 2. The number of nitrogens with one attached hydrogen (secondary N) is 2. The van der Waals surface area contributed by atoms with E-state index in [0.717, 1.165) is 11.1 Å². The quantitative estimate of drug-likeness (QED) is 0.685.